The summed E-state index contributed by atoms with van der Waals surface area (Å²) in [7, 11) is 0. The Labute approximate surface area is 122 Å². The summed E-state index contributed by atoms with van der Waals surface area (Å²) >= 11 is 0. The first-order valence-electron chi connectivity index (χ1n) is 7.85. The van der Waals surface area contributed by atoms with Crippen LogP contribution in [0.5, 0.6) is 0 Å². The van der Waals surface area contributed by atoms with E-state index in [9.17, 15) is 4.79 Å². The number of carbonyl (C=O) groups excluding carboxylic acids is 1. The summed E-state index contributed by atoms with van der Waals surface area (Å²) in [6.07, 6.45) is 1.19. The molecule has 0 unspecified atom stereocenters. The third-order valence-electron chi connectivity index (χ3n) is 4.01. The first-order chi connectivity index (χ1) is 9.79. The van der Waals surface area contributed by atoms with Crippen molar-refractivity contribution in [3.05, 3.63) is 0 Å². The lowest BCUT2D eigenvalue weighted by Crippen LogP contribution is -2.52. The minimum Gasteiger partial charge on any atom is -0.379 e. The number of rotatable bonds is 5. The molecule has 1 N–H and O–H groups in total. The topological polar surface area (TPSA) is 48.0 Å². The Balaban J connectivity index is 1.58. The lowest BCUT2D eigenvalue weighted by atomic mass is 10.3. The Morgan fingerprint density at radius 2 is 1.65 bits per heavy atom. The molecule has 0 aromatic carbocycles. The molecule has 0 aromatic heterocycles. The van der Waals surface area contributed by atoms with Crippen LogP contribution in [0.25, 0.3) is 0 Å². The van der Waals surface area contributed by atoms with Gasteiger partial charge in [-0.3, -0.25) is 9.80 Å². The van der Waals surface area contributed by atoms with Gasteiger partial charge in [-0.25, -0.2) is 4.79 Å². The van der Waals surface area contributed by atoms with E-state index in [1.165, 1.54) is 6.42 Å². The lowest BCUT2D eigenvalue weighted by molar-refractivity contribution is 0.0385. The van der Waals surface area contributed by atoms with Crippen LogP contribution in [0.15, 0.2) is 0 Å². The van der Waals surface area contributed by atoms with Crippen molar-refractivity contribution in [1.82, 2.24) is 20.0 Å². The van der Waals surface area contributed by atoms with Gasteiger partial charge < -0.3 is 15.0 Å². The number of ether oxygens (including phenoxy) is 1. The van der Waals surface area contributed by atoms with E-state index in [1.54, 1.807) is 0 Å². The second-order valence-electron chi connectivity index (χ2n) is 5.51. The maximum Gasteiger partial charge on any atom is 0.317 e. The molecule has 6 nitrogen and oxygen atoms in total. The van der Waals surface area contributed by atoms with Gasteiger partial charge in [0, 0.05) is 52.4 Å². The van der Waals surface area contributed by atoms with Crippen LogP contribution in [0.3, 0.4) is 0 Å². The van der Waals surface area contributed by atoms with Crippen LogP contribution in [0.1, 0.15) is 13.3 Å². The molecule has 2 aliphatic rings. The van der Waals surface area contributed by atoms with E-state index in [2.05, 4.69) is 22.0 Å². The van der Waals surface area contributed by atoms with Crippen LogP contribution in [0.2, 0.25) is 0 Å². The first kappa shape index (κ1) is 15.5. The molecule has 20 heavy (non-hydrogen) atoms. The van der Waals surface area contributed by atoms with Crippen LogP contribution in [-0.2, 0) is 4.74 Å². The van der Waals surface area contributed by atoms with Crippen LogP contribution in [0.4, 0.5) is 4.79 Å². The van der Waals surface area contributed by atoms with Crippen LogP contribution in [0, 0.1) is 0 Å². The van der Waals surface area contributed by atoms with Gasteiger partial charge in [-0.2, -0.15) is 0 Å². The quantitative estimate of drug-likeness (QED) is 0.775. The molecular weight excluding hydrogens is 256 g/mol. The molecule has 6 heteroatoms. The van der Waals surface area contributed by atoms with Crippen LogP contribution >= 0.6 is 0 Å². The molecule has 0 spiro atoms. The van der Waals surface area contributed by atoms with Gasteiger partial charge in [0.2, 0.25) is 0 Å². The van der Waals surface area contributed by atoms with Crippen molar-refractivity contribution in [2.75, 3.05) is 72.1 Å². The number of urea groups is 1. The van der Waals surface area contributed by atoms with Gasteiger partial charge in [-0.05, 0) is 13.0 Å². The Morgan fingerprint density at radius 1 is 1.00 bits per heavy atom. The molecule has 2 rings (SSSR count). The zero-order chi connectivity index (χ0) is 14.2. The molecule has 2 saturated heterocycles. The molecule has 2 heterocycles. The maximum absolute atomic E-state index is 12.1. The molecular formula is C14H28N4O2. The second kappa shape index (κ2) is 8.44. The number of nitrogens with zero attached hydrogens (tertiary/aromatic N) is 3. The van der Waals surface area contributed by atoms with Crippen molar-refractivity contribution >= 4 is 6.03 Å². The van der Waals surface area contributed by atoms with E-state index in [0.717, 1.165) is 72.1 Å². The molecule has 0 saturated carbocycles. The van der Waals surface area contributed by atoms with Crippen molar-refractivity contribution in [1.29, 1.82) is 0 Å². The van der Waals surface area contributed by atoms with E-state index in [0.29, 0.717) is 0 Å². The minimum absolute atomic E-state index is 0.0920. The van der Waals surface area contributed by atoms with Gasteiger partial charge in [0.25, 0.3) is 0 Å². The average molecular weight is 284 g/mol. The predicted molar refractivity (Wildman–Crippen MR) is 79.0 cm³/mol. The third-order valence-corrected chi connectivity index (χ3v) is 4.01. The number of nitrogens with one attached hydrogen (secondary N) is 1. The number of piperazine rings is 1. The highest BCUT2D eigenvalue weighted by atomic mass is 16.5. The predicted octanol–water partition coefficient (Wildman–Crippen LogP) is 0.0558. The van der Waals surface area contributed by atoms with Gasteiger partial charge in [0.1, 0.15) is 0 Å². The van der Waals surface area contributed by atoms with E-state index in [-0.39, 0.29) is 6.03 Å². The normalized spacial score (nSPS) is 21.9. The largest absolute Gasteiger partial charge is 0.379 e. The molecule has 0 aliphatic carbocycles. The molecule has 0 bridgehead atoms. The second-order valence-corrected chi connectivity index (χ2v) is 5.51. The number of carbonyl (C=O) groups is 1. The Hall–Kier alpha value is -0.850. The van der Waals surface area contributed by atoms with Gasteiger partial charge in [-0.15, -0.1) is 0 Å². The number of hydrogen-bond acceptors (Lipinski definition) is 4. The maximum atomic E-state index is 12.1. The summed E-state index contributed by atoms with van der Waals surface area (Å²) < 4.78 is 5.31. The van der Waals surface area contributed by atoms with Crippen molar-refractivity contribution < 1.29 is 9.53 Å². The highest BCUT2D eigenvalue weighted by Crippen LogP contribution is 2.02. The fourth-order valence-electron chi connectivity index (χ4n) is 2.75. The fourth-order valence-corrected chi connectivity index (χ4v) is 2.75. The van der Waals surface area contributed by atoms with Crippen molar-refractivity contribution in [2.45, 2.75) is 13.3 Å². The third kappa shape index (κ3) is 4.92. The summed E-state index contributed by atoms with van der Waals surface area (Å²) in [4.78, 5) is 18.8. The molecule has 2 fully saturated rings. The van der Waals surface area contributed by atoms with Crippen molar-refractivity contribution in [3.8, 4) is 0 Å². The Bertz CT molecular complexity index is 287. The smallest absolute Gasteiger partial charge is 0.317 e. The molecule has 116 valence electrons. The molecule has 2 amide bonds. The lowest BCUT2D eigenvalue weighted by Gasteiger charge is -2.34. The molecule has 0 atom stereocenters. The van der Waals surface area contributed by atoms with Gasteiger partial charge >= 0.3 is 6.03 Å². The summed E-state index contributed by atoms with van der Waals surface area (Å²) in [6, 6.07) is 0.0920. The number of morpholine rings is 1. The van der Waals surface area contributed by atoms with E-state index in [4.69, 9.17) is 4.74 Å². The Kier molecular flexibility index (Phi) is 6.56. The van der Waals surface area contributed by atoms with Gasteiger partial charge in [-0.1, -0.05) is 6.92 Å². The highest BCUT2D eigenvalue weighted by Gasteiger charge is 2.20. The van der Waals surface area contributed by atoms with E-state index in [1.807, 2.05) is 4.90 Å². The summed E-state index contributed by atoms with van der Waals surface area (Å²) in [6.45, 7) is 12.3. The zero-order valence-electron chi connectivity index (χ0n) is 12.6. The highest BCUT2D eigenvalue weighted by molar-refractivity contribution is 5.74. The Morgan fingerprint density at radius 3 is 2.30 bits per heavy atom. The van der Waals surface area contributed by atoms with Crippen molar-refractivity contribution in [3.63, 3.8) is 0 Å². The number of amides is 2. The first-order valence-corrected chi connectivity index (χ1v) is 7.85. The molecule has 0 radical (unpaired) electrons. The average Bonchev–Trinajstić information content (AvgIpc) is 2.49. The van der Waals surface area contributed by atoms with Crippen LogP contribution < -0.4 is 5.32 Å². The summed E-state index contributed by atoms with van der Waals surface area (Å²) in [5.41, 5.74) is 0. The standard InChI is InChI=1S/C14H28N4O2/c1-2-4-16-6-8-18(9-7-16)14(19)15-3-5-17-10-12-20-13-11-17/h2-13H2,1H3,(H,15,19). The summed E-state index contributed by atoms with van der Waals surface area (Å²) in [5, 5.41) is 3.03. The SMILES string of the molecule is CCCN1CCN(C(=O)NCCN2CCOCC2)CC1. The number of hydrogen-bond donors (Lipinski definition) is 1. The zero-order valence-corrected chi connectivity index (χ0v) is 12.6. The monoisotopic (exact) mass is 284 g/mol. The fraction of sp³-hybridized carbons (Fsp3) is 0.929. The molecule has 0 aromatic rings. The summed E-state index contributed by atoms with van der Waals surface area (Å²) in [5.74, 6) is 0. The van der Waals surface area contributed by atoms with E-state index < -0.39 is 0 Å². The van der Waals surface area contributed by atoms with Gasteiger partial charge in [0.15, 0.2) is 0 Å². The van der Waals surface area contributed by atoms with Crippen LogP contribution in [-0.4, -0.2) is 92.8 Å². The minimum atomic E-state index is 0.0920. The van der Waals surface area contributed by atoms with E-state index >= 15 is 0 Å². The van der Waals surface area contributed by atoms with Crippen molar-refractivity contribution in [2.24, 2.45) is 0 Å². The molecule has 2 aliphatic heterocycles. The van der Waals surface area contributed by atoms with Gasteiger partial charge in [0.05, 0.1) is 13.2 Å².